The highest BCUT2D eigenvalue weighted by Gasteiger charge is 2.13. The van der Waals surface area contributed by atoms with E-state index in [-0.39, 0.29) is 23.8 Å². The molecule has 3 N–H and O–H groups in total. The van der Waals surface area contributed by atoms with E-state index in [0.29, 0.717) is 17.1 Å². The van der Waals surface area contributed by atoms with Gasteiger partial charge < -0.3 is 19.9 Å². The van der Waals surface area contributed by atoms with Crippen molar-refractivity contribution in [1.29, 1.82) is 0 Å². The van der Waals surface area contributed by atoms with Crippen molar-refractivity contribution in [3.63, 3.8) is 0 Å². The van der Waals surface area contributed by atoms with Crippen molar-refractivity contribution < 1.29 is 24.2 Å². The topological polar surface area (TPSA) is 109 Å². The van der Waals surface area contributed by atoms with Crippen LogP contribution >= 0.6 is 0 Å². The summed E-state index contributed by atoms with van der Waals surface area (Å²) < 4.78 is 11.1. The molecule has 4 aromatic rings. The first-order valence-corrected chi connectivity index (χ1v) is 12.0. The molecule has 0 saturated carbocycles. The van der Waals surface area contributed by atoms with Gasteiger partial charge >= 0.3 is 0 Å². The number of fused-ring (bicyclic) bond motifs is 1. The highest BCUT2D eigenvalue weighted by molar-refractivity contribution is 6.01. The molecule has 0 aliphatic rings. The van der Waals surface area contributed by atoms with Gasteiger partial charge in [0.2, 0.25) is 0 Å². The highest BCUT2D eigenvalue weighted by Crippen LogP contribution is 2.28. The predicted octanol–water partition coefficient (Wildman–Crippen LogP) is 5.26. The van der Waals surface area contributed by atoms with E-state index in [1.807, 2.05) is 57.2 Å². The lowest BCUT2D eigenvalue weighted by molar-refractivity contribution is -0.118. The number of hydrogen-bond acceptors (Lipinski definition) is 6. The average Bonchev–Trinajstić information content (AvgIpc) is 2.89. The SMILES string of the molecule is COc1cc(/C=N\NC(=O)c2cc3ccccc3cc2O)ccc1OCC(=O)Nc1c(C)cc(C)cc1C. The van der Waals surface area contributed by atoms with E-state index in [0.717, 1.165) is 33.2 Å². The van der Waals surface area contributed by atoms with Crippen LogP contribution in [-0.2, 0) is 4.79 Å². The van der Waals surface area contributed by atoms with Crippen LogP contribution in [0.5, 0.6) is 17.2 Å². The number of carbonyl (C=O) groups is 2. The number of phenols is 1. The second kappa shape index (κ2) is 11.5. The van der Waals surface area contributed by atoms with Gasteiger partial charge in [-0.3, -0.25) is 9.59 Å². The number of nitrogens with one attached hydrogen (secondary N) is 2. The summed E-state index contributed by atoms with van der Waals surface area (Å²) >= 11 is 0. The Bertz CT molecular complexity index is 1520. The minimum atomic E-state index is -0.540. The van der Waals surface area contributed by atoms with Gasteiger partial charge in [-0.25, -0.2) is 5.43 Å². The Labute approximate surface area is 220 Å². The van der Waals surface area contributed by atoms with Crippen LogP contribution in [0.4, 0.5) is 5.69 Å². The van der Waals surface area contributed by atoms with Crippen LogP contribution in [0.3, 0.4) is 0 Å². The van der Waals surface area contributed by atoms with Crippen molar-refractivity contribution in [1.82, 2.24) is 5.43 Å². The van der Waals surface area contributed by atoms with E-state index in [9.17, 15) is 14.7 Å². The van der Waals surface area contributed by atoms with Gasteiger partial charge in [0, 0.05) is 5.69 Å². The number of hydrazone groups is 1. The van der Waals surface area contributed by atoms with Gasteiger partial charge in [-0.2, -0.15) is 5.10 Å². The Balaban J connectivity index is 1.38. The zero-order valence-electron chi connectivity index (χ0n) is 21.7. The van der Waals surface area contributed by atoms with Gasteiger partial charge in [-0.05, 0) is 78.6 Å². The largest absolute Gasteiger partial charge is 0.507 e. The number of aryl methyl sites for hydroxylation is 3. The quantitative estimate of drug-likeness (QED) is 0.221. The minimum absolute atomic E-state index is 0.122. The average molecular weight is 512 g/mol. The molecule has 194 valence electrons. The van der Waals surface area contributed by atoms with E-state index in [4.69, 9.17) is 9.47 Å². The van der Waals surface area contributed by atoms with Gasteiger partial charge in [0.05, 0.1) is 18.9 Å². The normalized spacial score (nSPS) is 10.9. The van der Waals surface area contributed by atoms with E-state index in [1.165, 1.54) is 13.3 Å². The number of anilines is 1. The van der Waals surface area contributed by atoms with Gasteiger partial charge in [-0.15, -0.1) is 0 Å². The number of benzene rings is 4. The van der Waals surface area contributed by atoms with Crippen molar-refractivity contribution in [2.45, 2.75) is 20.8 Å². The summed E-state index contributed by atoms with van der Waals surface area (Å²) in [6, 6.07) is 19.7. The van der Waals surface area contributed by atoms with Crippen molar-refractivity contribution >= 4 is 34.5 Å². The summed E-state index contributed by atoms with van der Waals surface area (Å²) in [5.41, 5.74) is 7.07. The molecule has 0 aliphatic carbocycles. The highest BCUT2D eigenvalue weighted by atomic mass is 16.5. The van der Waals surface area contributed by atoms with Gasteiger partial charge in [-0.1, -0.05) is 42.0 Å². The molecule has 0 aliphatic heterocycles. The van der Waals surface area contributed by atoms with E-state index in [1.54, 1.807) is 30.3 Å². The number of carbonyl (C=O) groups excluding carboxylic acids is 2. The maximum atomic E-state index is 12.5. The summed E-state index contributed by atoms with van der Waals surface area (Å²) in [6.07, 6.45) is 1.44. The molecule has 0 atom stereocenters. The molecule has 4 aromatic carbocycles. The summed E-state index contributed by atoms with van der Waals surface area (Å²) in [6.45, 7) is 5.72. The molecule has 2 amide bonds. The van der Waals surface area contributed by atoms with Gasteiger partial charge in [0.25, 0.3) is 11.8 Å². The molecule has 0 heterocycles. The standard InChI is InChI=1S/C30H29N3O5/c1-18-11-19(2)29(20(3)12-18)32-28(35)17-38-26-10-9-21(13-27(26)37-4)16-31-33-30(36)24-14-22-7-5-6-8-23(22)15-25(24)34/h5-16,34H,17H2,1-4H3,(H,32,35)(H,33,36)/b31-16-. The Morgan fingerprint density at radius 3 is 2.29 bits per heavy atom. The molecule has 0 bridgehead atoms. The van der Waals surface area contributed by atoms with E-state index >= 15 is 0 Å². The Kier molecular flexibility index (Phi) is 7.91. The Morgan fingerprint density at radius 2 is 1.61 bits per heavy atom. The number of amides is 2. The second-order valence-electron chi connectivity index (χ2n) is 8.94. The molecular formula is C30H29N3O5. The minimum Gasteiger partial charge on any atom is -0.507 e. The fraction of sp³-hybridized carbons (Fsp3) is 0.167. The molecule has 0 spiro atoms. The van der Waals surface area contributed by atoms with Crippen molar-refractivity contribution in [3.8, 4) is 17.2 Å². The van der Waals surface area contributed by atoms with E-state index < -0.39 is 5.91 Å². The maximum Gasteiger partial charge on any atom is 0.275 e. The zero-order valence-corrected chi connectivity index (χ0v) is 21.7. The number of phenolic OH excluding ortho intramolecular Hbond substituents is 1. The van der Waals surface area contributed by atoms with Crippen LogP contribution < -0.4 is 20.2 Å². The van der Waals surface area contributed by atoms with Crippen LogP contribution in [0.25, 0.3) is 10.8 Å². The number of nitrogens with zero attached hydrogens (tertiary/aromatic N) is 1. The molecule has 0 unspecified atom stereocenters. The summed E-state index contributed by atoms with van der Waals surface area (Å²) in [7, 11) is 1.49. The summed E-state index contributed by atoms with van der Waals surface area (Å²) in [5.74, 6) is -0.157. The maximum absolute atomic E-state index is 12.5. The molecule has 0 fully saturated rings. The monoisotopic (exact) mass is 511 g/mol. The molecule has 38 heavy (non-hydrogen) atoms. The number of methoxy groups -OCH3 is 1. The number of aromatic hydroxyl groups is 1. The molecule has 8 nitrogen and oxygen atoms in total. The third kappa shape index (κ3) is 6.10. The van der Waals surface area contributed by atoms with E-state index in [2.05, 4.69) is 15.8 Å². The lowest BCUT2D eigenvalue weighted by Gasteiger charge is -2.14. The Morgan fingerprint density at radius 1 is 0.921 bits per heavy atom. The number of rotatable bonds is 8. The first-order chi connectivity index (χ1) is 18.2. The van der Waals surface area contributed by atoms with Crippen LogP contribution in [0.1, 0.15) is 32.6 Å². The first kappa shape index (κ1) is 26.2. The number of ether oxygens (including phenoxy) is 2. The van der Waals surface area contributed by atoms with Gasteiger partial charge in [0.1, 0.15) is 5.75 Å². The van der Waals surface area contributed by atoms with Crippen molar-refractivity contribution in [2.75, 3.05) is 19.0 Å². The molecule has 8 heteroatoms. The van der Waals surface area contributed by atoms with Crippen molar-refractivity contribution in [2.24, 2.45) is 5.10 Å². The molecule has 4 rings (SSSR count). The predicted molar refractivity (Wildman–Crippen MR) is 148 cm³/mol. The first-order valence-electron chi connectivity index (χ1n) is 12.0. The second-order valence-corrected chi connectivity index (χ2v) is 8.94. The lowest BCUT2D eigenvalue weighted by atomic mass is 10.1. The third-order valence-electron chi connectivity index (χ3n) is 5.98. The van der Waals surface area contributed by atoms with Crippen LogP contribution in [-0.4, -0.2) is 36.9 Å². The summed E-state index contributed by atoms with van der Waals surface area (Å²) in [4.78, 5) is 25.1. The van der Waals surface area contributed by atoms with Crippen LogP contribution in [0.15, 0.2) is 71.8 Å². The molecule has 0 aromatic heterocycles. The zero-order chi connectivity index (χ0) is 27.2. The van der Waals surface area contributed by atoms with Gasteiger partial charge in [0.15, 0.2) is 18.1 Å². The third-order valence-corrected chi connectivity index (χ3v) is 5.98. The smallest absolute Gasteiger partial charge is 0.275 e. The number of hydrogen-bond donors (Lipinski definition) is 3. The Hall–Kier alpha value is -4.85. The van der Waals surface area contributed by atoms with Crippen molar-refractivity contribution in [3.05, 3.63) is 94.5 Å². The lowest BCUT2D eigenvalue weighted by Crippen LogP contribution is -2.21. The molecular weight excluding hydrogens is 482 g/mol. The molecule has 0 saturated heterocycles. The van der Waals surface area contributed by atoms with Crippen LogP contribution in [0, 0.1) is 20.8 Å². The molecule has 0 radical (unpaired) electrons. The fourth-order valence-corrected chi connectivity index (χ4v) is 4.22. The van der Waals surface area contributed by atoms with Crippen LogP contribution in [0.2, 0.25) is 0 Å². The fourth-order valence-electron chi connectivity index (χ4n) is 4.22. The summed E-state index contributed by atoms with van der Waals surface area (Å²) in [5, 5.41) is 18.8.